The number of hydrogen-bond donors (Lipinski definition) is 0. The van der Waals surface area contributed by atoms with E-state index in [0.29, 0.717) is 24.3 Å². The predicted octanol–water partition coefficient (Wildman–Crippen LogP) is 3.61. The predicted molar refractivity (Wildman–Crippen MR) is 99.9 cm³/mol. The number of aromatic nitrogens is 1. The van der Waals surface area contributed by atoms with Crippen molar-refractivity contribution in [3.8, 4) is 16.9 Å². The Bertz CT molecular complexity index is 1080. The van der Waals surface area contributed by atoms with Crippen LogP contribution < -0.4 is 10.2 Å². The number of nitrogens with zero attached hydrogens (tertiary/aromatic N) is 1. The van der Waals surface area contributed by atoms with Gasteiger partial charge in [0.2, 0.25) is 5.43 Å². The van der Waals surface area contributed by atoms with Crippen LogP contribution in [-0.4, -0.2) is 23.8 Å². The molecule has 1 aliphatic heterocycles. The fourth-order valence-corrected chi connectivity index (χ4v) is 3.55. The van der Waals surface area contributed by atoms with E-state index >= 15 is 0 Å². The van der Waals surface area contributed by atoms with E-state index in [1.165, 1.54) is 0 Å². The van der Waals surface area contributed by atoms with E-state index < -0.39 is 5.97 Å². The molecule has 0 unspecified atom stereocenters. The summed E-state index contributed by atoms with van der Waals surface area (Å²) >= 11 is 0. The Hall–Kier alpha value is -3.08. The zero-order chi connectivity index (χ0) is 18.3. The second-order valence-corrected chi connectivity index (χ2v) is 6.18. The first-order valence-corrected chi connectivity index (χ1v) is 8.73. The number of carbonyl (C=O) groups excluding carboxylic acids is 1. The fourth-order valence-electron chi connectivity index (χ4n) is 3.55. The lowest BCUT2D eigenvalue weighted by atomic mass is 9.92. The van der Waals surface area contributed by atoms with Gasteiger partial charge in [0, 0.05) is 18.3 Å². The van der Waals surface area contributed by atoms with Gasteiger partial charge in [-0.3, -0.25) is 4.79 Å². The van der Waals surface area contributed by atoms with E-state index in [4.69, 9.17) is 9.47 Å². The topological polar surface area (TPSA) is 57.5 Å². The van der Waals surface area contributed by atoms with Gasteiger partial charge >= 0.3 is 5.97 Å². The first-order valence-electron chi connectivity index (χ1n) is 8.73. The summed E-state index contributed by atoms with van der Waals surface area (Å²) < 4.78 is 12.7. The molecule has 0 saturated carbocycles. The van der Waals surface area contributed by atoms with Crippen LogP contribution in [0.2, 0.25) is 0 Å². The largest absolute Gasteiger partial charge is 0.494 e. The van der Waals surface area contributed by atoms with Gasteiger partial charge in [-0.25, -0.2) is 4.79 Å². The van der Waals surface area contributed by atoms with E-state index in [9.17, 15) is 9.59 Å². The molecule has 5 heteroatoms. The maximum Gasteiger partial charge on any atom is 0.343 e. The van der Waals surface area contributed by atoms with Crippen molar-refractivity contribution in [1.29, 1.82) is 0 Å². The average molecular weight is 349 g/mol. The second-order valence-electron chi connectivity index (χ2n) is 6.18. The van der Waals surface area contributed by atoms with Crippen LogP contribution in [0.1, 0.15) is 29.8 Å². The Morgan fingerprint density at radius 3 is 2.69 bits per heavy atom. The van der Waals surface area contributed by atoms with Crippen LogP contribution in [0.5, 0.6) is 5.75 Å². The summed E-state index contributed by atoms with van der Waals surface area (Å²) in [6.07, 6.45) is 1.61. The number of carbonyl (C=O) groups is 1. The molecule has 1 aromatic heterocycles. The summed E-state index contributed by atoms with van der Waals surface area (Å²) in [7, 11) is 0. The van der Waals surface area contributed by atoms with Gasteiger partial charge in [0.1, 0.15) is 11.3 Å². The van der Waals surface area contributed by atoms with E-state index in [-0.39, 0.29) is 17.6 Å². The number of rotatable bonds is 4. The Morgan fingerprint density at radius 1 is 1.12 bits per heavy atom. The second kappa shape index (κ2) is 6.33. The van der Waals surface area contributed by atoms with Crippen LogP contribution in [0, 0.1) is 0 Å². The molecule has 0 bridgehead atoms. The van der Waals surface area contributed by atoms with Crippen LogP contribution in [0.25, 0.3) is 22.0 Å². The molecular formula is C21H19NO4. The number of hydrogen-bond acceptors (Lipinski definition) is 4. The highest BCUT2D eigenvalue weighted by Crippen LogP contribution is 2.38. The van der Waals surface area contributed by atoms with Crippen molar-refractivity contribution in [2.75, 3.05) is 13.2 Å². The molecule has 132 valence electrons. The maximum atomic E-state index is 13.0. The molecule has 0 spiro atoms. The summed E-state index contributed by atoms with van der Waals surface area (Å²) in [6.45, 7) is 4.95. The fraction of sp³-hybridized carbons (Fsp3) is 0.238. The van der Waals surface area contributed by atoms with E-state index in [2.05, 4.69) is 6.07 Å². The molecule has 26 heavy (non-hydrogen) atoms. The molecule has 3 aromatic rings. The van der Waals surface area contributed by atoms with Crippen molar-refractivity contribution >= 4 is 16.9 Å². The van der Waals surface area contributed by atoms with E-state index in [1.807, 2.05) is 35.8 Å². The number of ether oxygens (including phenoxy) is 2. The minimum Gasteiger partial charge on any atom is -0.494 e. The highest BCUT2D eigenvalue weighted by Gasteiger charge is 2.24. The van der Waals surface area contributed by atoms with Gasteiger partial charge in [-0.2, -0.15) is 0 Å². The van der Waals surface area contributed by atoms with Gasteiger partial charge in [-0.15, -0.1) is 0 Å². The molecule has 5 nitrogen and oxygen atoms in total. The summed E-state index contributed by atoms with van der Waals surface area (Å²) in [4.78, 5) is 25.3. The Morgan fingerprint density at radius 2 is 1.92 bits per heavy atom. The van der Waals surface area contributed by atoms with Crippen molar-refractivity contribution < 1.29 is 14.3 Å². The SMILES string of the molecule is CCOC(=O)c1cn2c3c(cc(OCC)cc3c1=O)-c1ccccc1C2. The molecule has 1 aliphatic rings. The highest BCUT2D eigenvalue weighted by molar-refractivity contribution is 6.01. The van der Waals surface area contributed by atoms with Crippen molar-refractivity contribution in [2.24, 2.45) is 0 Å². The van der Waals surface area contributed by atoms with Crippen LogP contribution >= 0.6 is 0 Å². The molecule has 0 fully saturated rings. The van der Waals surface area contributed by atoms with Gasteiger partial charge in [-0.1, -0.05) is 24.3 Å². The standard InChI is InChI=1S/C21H19NO4/c1-3-25-14-9-16-15-8-6-5-7-13(15)11-22-12-18(21(24)26-4-2)20(23)17(10-14)19(16)22/h5-10,12H,3-4,11H2,1-2H3. The molecular weight excluding hydrogens is 330 g/mol. The minimum atomic E-state index is -0.592. The number of fused-ring (bicyclic) bond motifs is 2. The Labute approximate surface area is 150 Å². The van der Waals surface area contributed by atoms with E-state index in [1.54, 1.807) is 19.2 Å². The lowest BCUT2D eigenvalue weighted by molar-refractivity contribution is 0.0524. The molecule has 0 N–H and O–H groups in total. The molecule has 0 radical (unpaired) electrons. The first-order chi connectivity index (χ1) is 12.6. The van der Waals surface area contributed by atoms with Gasteiger partial charge in [0.25, 0.3) is 0 Å². The molecule has 0 amide bonds. The lowest BCUT2D eigenvalue weighted by Crippen LogP contribution is -2.23. The molecule has 0 atom stereocenters. The van der Waals surface area contributed by atoms with Crippen LogP contribution in [0.3, 0.4) is 0 Å². The minimum absolute atomic E-state index is 0.0540. The smallest absolute Gasteiger partial charge is 0.343 e. The Kier molecular flexibility index (Phi) is 3.99. The number of benzene rings is 2. The van der Waals surface area contributed by atoms with Crippen molar-refractivity contribution in [3.63, 3.8) is 0 Å². The molecule has 0 saturated heterocycles. The van der Waals surface area contributed by atoms with Crippen molar-refractivity contribution in [1.82, 2.24) is 4.57 Å². The van der Waals surface area contributed by atoms with Gasteiger partial charge in [0.15, 0.2) is 0 Å². The zero-order valence-electron chi connectivity index (χ0n) is 14.7. The first kappa shape index (κ1) is 16.4. The summed E-state index contributed by atoms with van der Waals surface area (Å²) in [5.41, 5.74) is 3.72. The third-order valence-corrected chi connectivity index (χ3v) is 4.60. The average Bonchev–Trinajstić information content (AvgIpc) is 2.64. The van der Waals surface area contributed by atoms with Crippen molar-refractivity contribution in [2.45, 2.75) is 20.4 Å². The normalized spacial score (nSPS) is 11.9. The van der Waals surface area contributed by atoms with Gasteiger partial charge < -0.3 is 14.0 Å². The van der Waals surface area contributed by atoms with Crippen LogP contribution in [0.4, 0.5) is 0 Å². The third kappa shape index (κ3) is 2.47. The van der Waals surface area contributed by atoms with Crippen molar-refractivity contribution in [3.05, 3.63) is 63.9 Å². The molecule has 0 aliphatic carbocycles. The Balaban J connectivity index is 2.08. The van der Waals surface area contributed by atoms with E-state index in [0.717, 1.165) is 22.2 Å². The van der Waals surface area contributed by atoms with Gasteiger partial charge in [-0.05, 0) is 37.1 Å². The zero-order valence-corrected chi connectivity index (χ0v) is 14.7. The van der Waals surface area contributed by atoms with Gasteiger partial charge in [0.05, 0.1) is 24.1 Å². The summed E-state index contributed by atoms with van der Waals surface area (Å²) in [5.74, 6) is 0.0294. The monoisotopic (exact) mass is 349 g/mol. The quantitative estimate of drug-likeness (QED) is 0.528. The highest BCUT2D eigenvalue weighted by atomic mass is 16.5. The van der Waals surface area contributed by atoms with Crippen LogP contribution in [0.15, 0.2) is 47.4 Å². The molecule has 4 rings (SSSR count). The maximum absolute atomic E-state index is 13.0. The lowest BCUT2D eigenvalue weighted by Gasteiger charge is -2.24. The third-order valence-electron chi connectivity index (χ3n) is 4.60. The van der Waals surface area contributed by atoms with Crippen LogP contribution in [-0.2, 0) is 11.3 Å². The summed E-state index contributed by atoms with van der Waals surface area (Å²) in [5, 5.41) is 0.478. The summed E-state index contributed by atoms with van der Waals surface area (Å²) in [6, 6.07) is 11.8. The number of pyridine rings is 1. The number of esters is 1. The molecule has 2 aromatic carbocycles. The molecule has 2 heterocycles.